The van der Waals surface area contributed by atoms with Crippen molar-refractivity contribution in [1.82, 2.24) is 0 Å². The zero-order chi connectivity index (χ0) is 17.9. The summed E-state index contributed by atoms with van der Waals surface area (Å²) in [5.41, 5.74) is -0.0282. The molecule has 0 N–H and O–H groups in total. The molecule has 7 nitrogen and oxygen atoms in total. The van der Waals surface area contributed by atoms with Crippen LogP contribution in [0, 0.1) is 10.4 Å². The Morgan fingerprint density at radius 2 is 1.96 bits per heavy atom. The summed E-state index contributed by atoms with van der Waals surface area (Å²) < 4.78 is 11.1. The molecule has 0 radical (unpaired) electrons. The Balaban J connectivity index is 2.43. The molecule has 1 atom stereocenters. The number of para-hydroxylation sites is 1. The molecule has 1 aromatic carbocycles. The SMILES string of the molecule is CCCCO[C@@H]1C(=[N+]([O-])[O-])c2ccccc2N1C(=O)OC(C)(C)C. The number of hydrogen-bond donors (Lipinski definition) is 0. The van der Waals surface area contributed by atoms with Gasteiger partial charge >= 0.3 is 6.09 Å². The number of nitrogens with zero attached hydrogens (tertiary/aromatic N) is 2. The molecule has 0 fully saturated rings. The molecule has 1 heterocycles. The second-order valence-electron chi connectivity index (χ2n) is 6.59. The van der Waals surface area contributed by atoms with Gasteiger partial charge in [0.05, 0.1) is 11.3 Å². The van der Waals surface area contributed by atoms with Gasteiger partial charge in [0.15, 0.2) is 0 Å². The number of amides is 1. The highest BCUT2D eigenvalue weighted by atomic mass is 16.8. The first-order valence-corrected chi connectivity index (χ1v) is 8.00. The van der Waals surface area contributed by atoms with Crippen molar-refractivity contribution in [1.29, 1.82) is 0 Å². The van der Waals surface area contributed by atoms with E-state index in [1.165, 1.54) is 4.90 Å². The average Bonchev–Trinajstić information content (AvgIpc) is 2.80. The van der Waals surface area contributed by atoms with Gasteiger partial charge < -0.3 is 19.9 Å². The molecule has 24 heavy (non-hydrogen) atoms. The Hall–Kier alpha value is -2.28. The molecule has 0 unspecified atom stereocenters. The van der Waals surface area contributed by atoms with Crippen LogP contribution in [-0.4, -0.2) is 35.1 Å². The van der Waals surface area contributed by atoms with Gasteiger partial charge in [-0.2, -0.15) is 4.90 Å². The van der Waals surface area contributed by atoms with Gasteiger partial charge in [-0.1, -0.05) is 25.5 Å². The van der Waals surface area contributed by atoms with Crippen molar-refractivity contribution in [2.75, 3.05) is 11.5 Å². The van der Waals surface area contributed by atoms with Gasteiger partial charge in [-0.15, -0.1) is 0 Å². The topological polar surface area (TPSA) is 87.9 Å². The minimum absolute atomic E-state index is 0.132. The second kappa shape index (κ2) is 7.09. The first-order chi connectivity index (χ1) is 11.3. The first kappa shape index (κ1) is 18.1. The Morgan fingerprint density at radius 3 is 2.54 bits per heavy atom. The Morgan fingerprint density at radius 1 is 1.29 bits per heavy atom. The fraction of sp³-hybridized carbons (Fsp3) is 0.529. The van der Waals surface area contributed by atoms with Gasteiger partial charge in [-0.3, -0.25) is 0 Å². The third-order valence-electron chi connectivity index (χ3n) is 3.47. The Labute approximate surface area is 141 Å². The lowest BCUT2D eigenvalue weighted by Crippen LogP contribution is -2.46. The molecule has 2 rings (SSSR count). The van der Waals surface area contributed by atoms with E-state index in [1.807, 2.05) is 6.92 Å². The third-order valence-corrected chi connectivity index (χ3v) is 3.47. The van der Waals surface area contributed by atoms with Gasteiger partial charge in [0, 0.05) is 6.61 Å². The van der Waals surface area contributed by atoms with E-state index in [-0.39, 0.29) is 5.71 Å². The van der Waals surface area contributed by atoms with E-state index in [4.69, 9.17) is 9.47 Å². The molecule has 0 bridgehead atoms. The van der Waals surface area contributed by atoms with Crippen LogP contribution in [0.15, 0.2) is 24.3 Å². The summed E-state index contributed by atoms with van der Waals surface area (Å²) >= 11 is 0. The van der Waals surface area contributed by atoms with Gasteiger partial charge in [0.2, 0.25) is 6.23 Å². The number of carbonyl (C=O) groups excluding carboxylic acids is 1. The Bertz CT molecular complexity index is 632. The lowest BCUT2D eigenvalue weighted by Gasteiger charge is -2.28. The van der Waals surface area contributed by atoms with E-state index < -0.39 is 22.8 Å². The fourth-order valence-corrected chi connectivity index (χ4v) is 2.47. The van der Waals surface area contributed by atoms with E-state index in [0.717, 1.165) is 12.8 Å². The minimum atomic E-state index is -1.08. The maximum atomic E-state index is 12.6. The van der Waals surface area contributed by atoms with E-state index in [2.05, 4.69) is 0 Å². The number of ether oxygens (including phenoxy) is 2. The standard InChI is InChI=1S/C17H23N2O5/c1-5-6-11-23-15-14(19(21)22)12-9-7-8-10-13(12)18(15)16(20)24-17(2,3)4/h7-10,15H,5-6,11H2,1-4H3/q-1/t15-/m1/s1. The molecular weight excluding hydrogens is 312 g/mol. The molecule has 0 saturated heterocycles. The largest absolute Gasteiger partial charge is 0.612 e. The normalized spacial score (nSPS) is 16.9. The number of carbonyl (C=O) groups is 1. The van der Waals surface area contributed by atoms with Crippen molar-refractivity contribution >= 4 is 17.5 Å². The lowest BCUT2D eigenvalue weighted by atomic mass is 10.1. The average molecular weight is 335 g/mol. The van der Waals surface area contributed by atoms with E-state index in [9.17, 15) is 15.2 Å². The predicted molar refractivity (Wildman–Crippen MR) is 90.9 cm³/mol. The van der Waals surface area contributed by atoms with Crippen LogP contribution in [0.25, 0.3) is 0 Å². The summed E-state index contributed by atoms with van der Waals surface area (Å²) in [4.78, 5) is 13.4. The van der Waals surface area contributed by atoms with Crippen molar-refractivity contribution in [3.63, 3.8) is 0 Å². The molecule has 1 aliphatic rings. The molecule has 0 aromatic heterocycles. The summed E-state index contributed by atoms with van der Waals surface area (Å²) in [6.07, 6.45) is -0.105. The summed E-state index contributed by atoms with van der Waals surface area (Å²) in [7, 11) is 0. The number of unbranched alkanes of at least 4 members (excludes halogenated alkanes) is 1. The van der Waals surface area contributed by atoms with Crippen molar-refractivity contribution in [2.45, 2.75) is 52.4 Å². The van der Waals surface area contributed by atoms with Crippen LogP contribution in [-0.2, 0) is 9.47 Å². The molecular formula is C17H23N2O5-. The lowest BCUT2D eigenvalue weighted by molar-refractivity contribution is -0.382. The van der Waals surface area contributed by atoms with Gasteiger partial charge in [-0.25, -0.2) is 9.69 Å². The molecule has 0 aliphatic carbocycles. The van der Waals surface area contributed by atoms with Crippen LogP contribution in [0.5, 0.6) is 0 Å². The highest BCUT2D eigenvalue weighted by molar-refractivity contribution is 6.16. The van der Waals surface area contributed by atoms with Crippen LogP contribution in [0.1, 0.15) is 46.1 Å². The maximum absolute atomic E-state index is 12.6. The number of benzene rings is 1. The molecule has 0 saturated carbocycles. The predicted octanol–water partition coefficient (Wildman–Crippen LogP) is 3.38. The summed E-state index contributed by atoms with van der Waals surface area (Å²) in [5.74, 6) is 0. The van der Waals surface area contributed by atoms with Crippen molar-refractivity contribution in [3.05, 3.63) is 40.2 Å². The van der Waals surface area contributed by atoms with E-state index >= 15 is 0 Å². The second-order valence-corrected chi connectivity index (χ2v) is 6.59. The molecule has 1 aliphatic heterocycles. The highest BCUT2D eigenvalue weighted by Crippen LogP contribution is 2.34. The molecule has 1 aromatic rings. The monoisotopic (exact) mass is 335 g/mol. The third kappa shape index (κ3) is 3.79. The first-order valence-electron chi connectivity index (χ1n) is 8.00. The minimum Gasteiger partial charge on any atom is -0.612 e. The molecule has 132 valence electrons. The Kier molecular flexibility index (Phi) is 5.33. The van der Waals surface area contributed by atoms with Gasteiger partial charge in [0.25, 0.3) is 5.71 Å². The van der Waals surface area contributed by atoms with Crippen LogP contribution in [0.2, 0.25) is 0 Å². The number of fused-ring (bicyclic) bond motifs is 1. The molecule has 1 amide bonds. The van der Waals surface area contributed by atoms with Crippen LogP contribution in [0.4, 0.5) is 10.5 Å². The van der Waals surface area contributed by atoms with Gasteiger partial charge in [-0.05, 0) is 39.3 Å². The number of anilines is 1. The quantitative estimate of drug-likeness (QED) is 0.478. The zero-order valence-electron chi connectivity index (χ0n) is 14.4. The highest BCUT2D eigenvalue weighted by Gasteiger charge is 2.45. The summed E-state index contributed by atoms with van der Waals surface area (Å²) in [6.45, 7) is 7.57. The molecule has 7 heteroatoms. The van der Waals surface area contributed by atoms with Crippen molar-refractivity contribution < 1.29 is 19.2 Å². The van der Waals surface area contributed by atoms with Gasteiger partial charge in [0.1, 0.15) is 5.60 Å². The van der Waals surface area contributed by atoms with Crippen LogP contribution in [0.3, 0.4) is 0 Å². The summed E-state index contributed by atoms with van der Waals surface area (Å²) in [5, 5.41) is 23.1. The number of hydrogen-bond acceptors (Lipinski definition) is 5. The smallest absolute Gasteiger partial charge is 0.417 e. The van der Waals surface area contributed by atoms with Crippen molar-refractivity contribution in [3.8, 4) is 0 Å². The summed E-state index contributed by atoms with van der Waals surface area (Å²) in [6, 6.07) is 6.70. The van der Waals surface area contributed by atoms with Crippen LogP contribution >= 0.6 is 0 Å². The van der Waals surface area contributed by atoms with E-state index in [0.29, 0.717) is 17.9 Å². The zero-order valence-corrected chi connectivity index (χ0v) is 14.4. The number of rotatable bonds is 4. The fourth-order valence-electron chi connectivity index (χ4n) is 2.47. The van der Waals surface area contributed by atoms with Crippen LogP contribution < -0.4 is 4.90 Å². The molecule has 0 spiro atoms. The maximum Gasteiger partial charge on any atom is 0.417 e. The van der Waals surface area contributed by atoms with Crippen molar-refractivity contribution in [2.24, 2.45) is 0 Å². The van der Waals surface area contributed by atoms with E-state index in [1.54, 1.807) is 45.0 Å².